The SMILES string of the molecule is O=C1NC(=S)N(c2ccc(Oc3ccccc3)cc2)C(=O)/C1=C/c1c(F)cccc1Cl. The van der Waals surface area contributed by atoms with E-state index in [-0.39, 0.29) is 21.3 Å². The van der Waals surface area contributed by atoms with Gasteiger partial charge in [0.05, 0.1) is 10.7 Å². The third-order valence-corrected chi connectivity index (χ3v) is 5.08. The van der Waals surface area contributed by atoms with E-state index in [0.29, 0.717) is 17.2 Å². The number of ether oxygens (including phenoxy) is 1. The van der Waals surface area contributed by atoms with Gasteiger partial charge in [-0.1, -0.05) is 35.9 Å². The van der Waals surface area contributed by atoms with Crippen LogP contribution in [0, 0.1) is 5.82 Å². The van der Waals surface area contributed by atoms with Gasteiger partial charge < -0.3 is 4.74 Å². The highest BCUT2D eigenvalue weighted by Crippen LogP contribution is 2.28. The highest BCUT2D eigenvalue weighted by Gasteiger charge is 2.34. The molecule has 1 saturated heterocycles. The van der Waals surface area contributed by atoms with Crippen molar-refractivity contribution in [2.24, 2.45) is 0 Å². The summed E-state index contributed by atoms with van der Waals surface area (Å²) in [6.45, 7) is 0. The molecule has 31 heavy (non-hydrogen) atoms. The number of anilines is 1. The van der Waals surface area contributed by atoms with Crippen LogP contribution in [-0.2, 0) is 9.59 Å². The predicted molar refractivity (Wildman–Crippen MR) is 121 cm³/mol. The third kappa shape index (κ3) is 4.33. The lowest BCUT2D eigenvalue weighted by molar-refractivity contribution is -0.122. The Morgan fingerprint density at radius 3 is 2.29 bits per heavy atom. The van der Waals surface area contributed by atoms with Crippen molar-refractivity contribution in [2.45, 2.75) is 0 Å². The number of hydrogen-bond acceptors (Lipinski definition) is 4. The first-order chi connectivity index (χ1) is 14.9. The van der Waals surface area contributed by atoms with Gasteiger partial charge in [0.1, 0.15) is 22.9 Å². The lowest BCUT2D eigenvalue weighted by Crippen LogP contribution is -2.54. The van der Waals surface area contributed by atoms with E-state index in [2.05, 4.69) is 5.32 Å². The summed E-state index contributed by atoms with van der Waals surface area (Å²) >= 11 is 11.2. The number of halogens is 2. The van der Waals surface area contributed by atoms with Gasteiger partial charge in [0.15, 0.2) is 5.11 Å². The van der Waals surface area contributed by atoms with Crippen molar-refractivity contribution < 1.29 is 18.7 Å². The second-order valence-corrected chi connectivity index (χ2v) is 7.30. The molecular formula is C23H14ClFN2O3S. The average Bonchev–Trinajstić information content (AvgIpc) is 2.75. The van der Waals surface area contributed by atoms with Crippen LogP contribution in [0.15, 0.2) is 78.4 Å². The van der Waals surface area contributed by atoms with E-state index in [4.69, 9.17) is 28.6 Å². The molecule has 154 valence electrons. The summed E-state index contributed by atoms with van der Waals surface area (Å²) in [5.74, 6) is -0.843. The Morgan fingerprint density at radius 2 is 1.61 bits per heavy atom. The van der Waals surface area contributed by atoms with Crippen LogP contribution >= 0.6 is 23.8 Å². The molecule has 1 aliphatic rings. The van der Waals surface area contributed by atoms with Crippen molar-refractivity contribution in [1.82, 2.24) is 5.32 Å². The van der Waals surface area contributed by atoms with E-state index >= 15 is 0 Å². The fourth-order valence-corrected chi connectivity index (χ4v) is 3.47. The predicted octanol–water partition coefficient (Wildman–Crippen LogP) is 5.10. The fourth-order valence-electron chi connectivity index (χ4n) is 2.97. The molecular weight excluding hydrogens is 439 g/mol. The van der Waals surface area contributed by atoms with Crippen molar-refractivity contribution >= 4 is 52.5 Å². The molecule has 4 rings (SSSR count). The summed E-state index contributed by atoms with van der Waals surface area (Å²) in [7, 11) is 0. The van der Waals surface area contributed by atoms with Gasteiger partial charge in [0.25, 0.3) is 11.8 Å². The van der Waals surface area contributed by atoms with E-state index in [1.165, 1.54) is 18.2 Å². The maximum atomic E-state index is 14.2. The fraction of sp³-hybridized carbons (Fsp3) is 0. The maximum absolute atomic E-state index is 14.2. The summed E-state index contributed by atoms with van der Waals surface area (Å²) in [5.41, 5.74) is 0.0770. The number of benzene rings is 3. The van der Waals surface area contributed by atoms with E-state index in [9.17, 15) is 14.0 Å². The molecule has 1 heterocycles. The smallest absolute Gasteiger partial charge is 0.270 e. The average molecular weight is 453 g/mol. The van der Waals surface area contributed by atoms with Crippen molar-refractivity contribution in [3.63, 3.8) is 0 Å². The van der Waals surface area contributed by atoms with Gasteiger partial charge in [-0.3, -0.25) is 19.8 Å². The van der Waals surface area contributed by atoms with Gasteiger partial charge in [-0.2, -0.15) is 0 Å². The Kier molecular flexibility index (Phi) is 5.79. The third-order valence-electron chi connectivity index (χ3n) is 4.46. The van der Waals surface area contributed by atoms with Gasteiger partial charge in [0, 0.05) is 5.56 Å². The number of para-hydroxylation sites is 1. The molecule has 1 fully saturated rings. The molecule has 0 saturated carbocycles. The molecule has 5 nitrogen and oxygen atoms in total. The number of rotatable bonds is 4. The van der Waals surface area contributed by atoms with Crippen LogP contribution in [0.5, 0.6) is 11.5 Å². The Labute approximate surface area is 187 Å². The molecule has 3 aromatic rings. The zero-order valence-corrected chi connectivity index (χ0v) is 17.4. The molecule has 0 unspecified atom stereocenters. The van der Waals surface area contributed by atoms with Crippen LogP contribution in [0.4, 0.5) is 10.1 Å². The van der Waals surface area contributed by atoms with Gasteiger partial charge >= 0.3 is 0 Å². The number of nitrogens with zero attached hydrogens (tertiary/aromatic N) is 1. The Bertz CT molecular complexity index is 1190. The summed E-state index contributed by atoms with van der Waals surface area (Å²) in [5, 5.41) is 2.45. The first-order valence-electron chi connectivity index (χ1n) is 9.12. The van der Waals surface area contributed by atoms with Crippen LogP contribution in [-0.4, -0.2) is 16.9 Å². The zero-order chi connectivity index (χ0) is 22.0. The number of nitrogens with one attached hydrogen (secondary N) is 1. The highest BCUT2D eigenvalue weighted by molar-refractivity contribution is 7.80. The van der Waals surface area contributed by atoms with Gasteiger partial charge in [0.2, 0.25) is 0 Å². The van der Waals surface area contributed by atoms with Crippen molar-refractivity contribution in [3.05, 3.63) is 94.8 Å². The molecule has 3 aromatic carbocycles. The topological polar surface area (TPSA) is 58.6 Å². The summed E-state index contributed by atoms with van der Waals surface area (Å²) in [4.78, 5) is 26.6. The van der Waals surface area contributed by atoms with Gasteiger partial charge in [-0.15, -0.1) is 0 Å². The first-order valence-corrected chi connectivity index (χ1v) is 9.91. The molecule has 0 aliphatic carbocycles. The summed E-state index contributed by atoms with van der Waals surface area (Å²) in [6, 6.07) is 19.9. The van der Waals surface area contributed by atoms with Gasteiger partial charge in [-0.05, 0) is 66.8 Å². The number of amides is 2. The monoisotopic (exact) mass is 452 g/mol. The molecule has 8 heteroatoms. The number of hydrogen-bond donors (Lipinski definition) is 1. The lowest BCUT2D eigenvalue weighted by atomic mass is 10.1. The quantitative estimate of drug-likeness (QED) is 0.340. The minimum atomic E-state index is -0.727. The molecule has 1 N–H and O–H groups in total. The Morgan fingerprint density at radius 1 is 0.935 bits per heavy atom. The largest absolute Gasteiger partial charge is 0.457 e. The molecule has 0 bridgehead atoms. The minimum Gasteiger partial charge on any atom is -0.457 e. The molecule has 0 radical (unpaired) electrons. The molecule has 0 spiro atoms. The van der Waals surface area contributed by atoms with Crippen molar-refractivity contribution in [2.75, 3.05) is 4.90 Å². The maximum Gasteiger partial charge on any atom is 0.270 e. The van der Waals surface area contributed by atoms with Crippen molar-refractivity contribution in [1.29, 1.82) is 0 Å². The minimum absolute atomic E-state index is 0.0537. The van der Waals surface area contributed by atoms with Crippen LogP contribution in [0.2, 0.25) is 5.02 Å². The molecule has 0 aromatic heterocycles. The first kappa shape index (κ1) is 20.7. The number of carbonyl (C=O) groups excluding carboxylic acids is 2. The van der Waals surface area contributed by atoms with E-state index in [0.717, 1.165) is 11.0 Å². The van der Waals surface area contributed by atoms with Gasteiger partial charge in [-0.25, -0.2) is 4.39 Å². The summed E-state index contributed by atoms with van der Waals surface area (Å²) < 4.78 is 19.9. The molecule has 2 amide bonds. The summed E-state index contributed by atoms with van der Waals surface area (Å²) in [6.07, 6.45) is 1.12. The zero-order valence-electron chi connectivity index (χ0n) is 15.8. The lowest BCUT2D eigenvalue weighted by Gasteiger charge is -2.29. The second-order valence-electron chi connectivity index (χ2n) is 6.50. The normalized spacial score (nSPS) is 15.2. The molecule has 0 atom stereocenters. The highest BCUT2D eigenvalue weighted by atomic mass is 35.5. The van der Waals surface area contributed by atoms with Crippen LogP contribution in [0.3, 0.4) is 0 Å². The van der Waals surface area contributed by atoms with E-state index in [1.54, 1.807) is 24.3 Å². The Balaban J connectivity index is 1.63. The number of carbonyl (C=O) groups is 2. The Hall–Kier alpha value is -3.55. The standard InChI is InChI=1S/C23H14ClFN2O3S/c24-19-7-4-8-20(25)17(19)13-18-21(28)26-23(31)27(22(18)29)14-9-11-16(12-10-14)30-15-5-2-1-3-6-15/h1-13H,(H,26,28,31)/b18-13+. The molecule has 1 aliphatic heterocycles. The second kappa shape index (κ2) is 8.67. The van der Waals surface area contributed by atoms with E-state index < -0.39 is 17.6 Å². The van der Waals surface area contributed by atoms with Crippen LogP contribution < -0.4 is 15.0 Å². The van der Waals surface area contributed by atoms with Crippen LogP contribution in [0.25, 0.3) is 6.08 Å². The van der Waals surface area contributed by atoms with Crippen LogP contribution in [0.1, 0.15) is 5.56 Å². The number of thiocarbonyl (C=S) groups is 1. The van der Waals surface area contributed by atoms with Crippen molar-refractivity contribution in [3.8, 4) is 11.5 Å². The van der Waals surface area contributed by atoms with E-state index in [1.807, 2.05) is 30.3 Å².